The molecule has 0 saturated carbocycles. The SMILES string of the molecule is O=C(CNC(=O)c1cccc(Br)c1)NC(C(=O)O)C1CCCOC1. The third-order valence-corrected chi connectivity index (χ3v) is 4.24. The van der Waals surface area contributed by atoms with Crippen LogP contribution in [0.25, 0.3) is 0 Å². The van der Waals surface area contributed by atoms with E-state index in [1.54, 1.807) is 24.3 Å². The van der Waals surface area contributed by atoms with E-state index in [-0.39, 0.29) is 12.5 Å². The summed E-state index contributed by atoms with van der Waals surface area (Å²) < 4.78 is 6.03. The number of benzene rings is 1. The van der Waals surface area contributed by atoms with Gasteiger partial charge in [-0.2, -0.15) is 0 Å². The smallest absolute Gasteiger partial charge is 0.326 e. The summed E-state index contributed by atoms with van der Waals surface area (Å²) in [7, 11) is 0. The van der Waals surface area contributed by atoms with Gasteiger partial charge in [0.05, 0.1) is 13.2 Å². The summed E-state index contributed by atoms with van der Waals surface area (Å²) in [5.41, 5.74) is 0.410. The zero-order valence-electron chi connectivity index (χ0n) is 13.0. The van der Waals surface area contributed by atoms with Crippen molar-refractivity contribution < 1.29 is 24.2 Å². The van der Waals surface area contributed by atoms with Gasteiger partial charge in [-0.3, -0.25) is 9.59 Å². The van der Waals surface area contributed by atoms with E-state index in [2.05, 4.69) is 26.6 Å². The highest BCUT2D eigenvalue weighted by atomic mass is 79.9. The van der Waals surface area contributed by atoms with E-state index in [9.17, 15) is 19.5 Å². The molecule has 0 bridgehead atoms. The van der Waals surface area contributed by atoms with E-state index < -0.39 is 23.8 Å². The molecule has 1 aliphatic rings. The minimum absolute atomic E-state index is 0.263. The van der Waals surface area contributed by atoms with Crippen LogP contribution in [0.1, 0.15) is 23.2 Å². The molecular formula is C16H19BrN2O5. The molecule has 7 nitrogen and oxygen atoms in total. The summed E-state index contributed by atoms with van der Waals surface area (Å²) in [6.45, 7) is 0.629. The van der Waals surface area contributed by atoms with E-state index in [1.165, 1.54) is 0 Å². The van der Waals surface area contributed by atoms with Crippen molar-refractivity contribution in [1.29, 1.82) is 0 Å². The van der Waals surface area contributed by atoms with Crippen LogP contribution in [0.3, 0.4) is 0 Å². The number of hydrogen-bond donors (Lipinski definition) is 3. The number of halogens is 1. The highest BCUT2D eigenvalue weighted by Crippen LogP contribution is 2.17. The van der Waals surface area contributed by atoms with Gasteiger partial charge < -0.3 is 20.5 Å². The Balaban J connectivity index is 1.86. The van der Waals surface area contributed by atoms with Crippen LogP contribution in [0.5, 0.6) is 0 Å². The second-order valence-corrected chi connectivity index (χ2v) is 6.47. The number of amides is 2. The molecule has 0 aliphatic carbocycles. The van der Waals surface area contributed by atoms with E-state index in [4.69, 9.17) is 4.74 Å². The first-order valence-corrected chi connectivity index (χ1v) is 8.40. The molecule has 2 rings (SSSR count). The summed E-state index contributed by atoms with van der Waals surface area (Å²) in [6.07, 6.45) is 1.45. The lowest BCUT2D eigenvalue weighted by atomic mass is 9.93. The summed E-state index contributed by atoms with van der Waals surface area (Å²) in [5.74, 6) is -2.31. The highest BCUT2D eigenvalue weighted by Gasteiger charge is 2.31. The number of carbonyl (C=O) groups excluding carboxylic acids is 2. The van der Waals surface area contributed by atoms with Crippen LogP contribution >= 0.6 is 15.9 Å². The number of aliphatic carboxylic acids is 1. The Morgan fingerprint density at radius 3 is 2.79 bits per heavy atom. The van der Waals surface area contributed by atoms with Crippen LogP contribution in [-0.4, -0.2) is 48.7 Å². The molecule has 3 N–H and O–H groups in total. The lowest BCUT2D eigenvalue weighted by Crippen LogP contribution is -2.51. The molecule has 0 radical (unpaired) electrons. The number of carbonyl (C=O) groups is 3. The fourth-order valence-corrected chi connectivity index (χ4v) is 2.93. The first-order chi connectivity index (χ1) is 11.5. The van der Waals surface area contributed by atoms with Crippen LogP contribution in [0.4, 0.5) is 0 Å². The predicted octanol–water partition coefficient (Wildman–Crippen LogP) is 1.17. The van der Waals surface area contributed by atoms with Gasteiger partial charge in [0.15, 0.2) is 0 Å². The van der Waals surface area contributed by atoms with Gasteiger partial charge in [0.1, 0.15) is 6.04 Å². The zero-order chi connectivity index (χ0) is 17.5. The maximum Gasteiger partial charge on any atom is 0.326 e. The quantitative estimate of drug-likeness (QED) is 0.666. The van der Waals surface area contributed by atoms with Gasteiger partial charge >= 0.3 is 5.97 Å². The first-order valence-electron chi connectivity index (χ1n) is 7.61. The normalized spacial score (nSPS) is 18.5. The zero-order valence-corrected chi connectivity index (χ0v) is 14.5. The Hall–Kier alpha value is -1.93. The highest BCUT2D eigenvalue weighted by molar-refractivity contribution is 9.10. The van der Waals surface area contributed by atoms with Crippen molar-refractivity contribution in [3.05, 3.63) is 34.3 Å². The van der Waals surface area contributed by atoms with Crippen molar-refractivity contribution in [1.82, 2.24) is 10.6 Å². The van der Waals surface area contributed by atoms with Crippen LogP contribution in [0.15, 0.2) is 28.7 Å². The molecule has 0 aromatic heterocycles. The Kier molecular flexibility index (Phi) is 6.74. The van der Waals surface area contributed by atoms with Crippen molar-refractivity contribution in [2.45, 2.75) is 18.9 Å². The average Bonchev–Trinajstić information content (AvgIpc) is 2.58. The van der Waals surface area contributed by atoms with E-state index in [1.807, 2.05) is 0 Å². The van der Waals surface area contributed by atoms with Gasteiger partial charge in [0.2, 0.25) is 5.91 Å². The number of ether oxygens (including phenoxy) is 1. The lowest BCUT2D eigenvalue weighted by Gasteiger charge is -2.28. The molecular weight excluding hydrogens is 380 g/mol. The number of rotatable bonds is 6. The van der Waals surface area contributed by atoms with Gasteiger partial charge in [-0.1, -0.05) is 22.0 Å². The number of carboxylic acid groups (broad SMARTS) is 1. The standard InChI is InChI=1S/C16H19BrN2O5/c17-12-5-1-3-10(7-12)15(21)18-8-13(20)19-14(16(22)23)11-4-2-6-24-9-11/h1,3,5,7,11,14H,2,4,6,8-9H2,(H,18,21)(H,19,20)(H,22,23). The summed E-state index contributed by atoms with van der Waals surface area (Å²) in [6, 6.07) is 5.74. The van der Waals surface area contributed by atoms with Gasteiger partial charge in [0.25, 0.3) is 5.91 Å². The number of carboxylic acids is 1. The fourth-order valence-electron chi connectivity index (χ4n) is 2.53. The maximum absolute atomic E-state index is 12.0. The molecule has 2 atom stereocenters. The van der Waals surface area contributed by atoms with Crippen LogP contribution in [0.2, 0.25) is 0 Å². The Morgan fingerprint density at radius 2 is 2.17 bits per heavy atom. The van der Waals surface area contributed by atoms with E-state index in [0.29, 0.717) is 25.2 Å². The van der Waals surface area contributed by atoms with Crippen molar-refractivity contribution in [3.63, 3.8) is 0 Å². The summed E-state index contributed by atoms with van der Waals surface area (Å²) in [5, 5.41) is 14.2. The molecule has 1 aliphatic heterocycles. The second kappa shape index (κ2) is 8.79. The second-order valence-electron chi connectivity index (χ2n) is 5.55. The van der Waals surface area contributed by atoms with Gasteiger partial charge in [-0.15, -0.1) is 0 Å². The minimum Gasteiger partial charge on any atom is -0.480 e. The van der Waals surface area contributed by atoms with Crippen LogP contribution in [0, 0.1) is 5.92 Å². The van der Waals surface area contributed by atoms with Crippen LogP contribution < -0.4 is 10.6 Å². The van der Waals surface area contributed by atoms with Gasteiger partial charge in [-0.05, 0) is 31.0 Å². The molecule has 0 spiro atoms. The monoisotopic (exact) mass is 398 g/mol. The first kappa shape index (κ1) is 18.4. The van der Waals surface area contributed by atoms with E-state index >= 15 is 0 Å². The summed E-state index contributed by atoms with van der Waals surface area (Å²) >= 11 is 3.27. The fraction of sp³-hybridized carbons (Fsp3) is 0.438. The number of nitrogens with one attached hydrogen (secondary N) is 2. The molecule has 1 aromatic rings. The molecule has 2 amide bonds. The van der Waals surface area contributed by atoms with Crippen LogP contribution in [-0.2, 0) is 14.3 Å². The van der Waals surface area contributed by atoms with Crippen molar-refractivity contribution >= 4 is 33.7 Å². The topological polar surface area (TPSA) is 105 Å². The minimum atomic E-state index is -1.10. The Morgan fingerprint density at radius 1 is 1.38 bits per heavy atom. The molecule has 24 heavy (non-hydrogen) atoms. The molecule has 1 fully saturated rings. The summed E-state index contributed by atoms with van der Waals surface area (Å²) in [4.78, 5) is 35.3. The van der Waals surface area contributed by atoms with Crippen molar-refractivity contribution in [3.8, 4) is 0 Å². The third kappa shape index (κ3) is 5.31. The molecule has 130 valence electrons. The van der Waals surface area contributed by atoms with Crippen molar-refractivity contribution in [2.75, 3.05) is 19.8 Å². The Labute approximate surface area is 147 Å². The average molecular weight is 399 g/mol. The van der Waals surface area contributed by atoms with Crippen molar-refractivity contribution in [2.24, 2.45) is 5.92 Å². The largest absolute Gasteiger partial charge is 0.480 e. The molecule has 1 aromatic carbocycles. The van der Waals surface area contributed by atoms with Gasteiger partial charge in [-0.25, -0.2) is 4.79 Å². The van der Waals surface area contributed by atoms with Gasteiger partial charge in [0, 0.05) is 22.6 Å². The molecule has 1 saturated heterocycles. The van der Waals surface area contributed by atoms with E-state index in [0.717, 1.165) is 10.9 Å². The Bertz CT molecular complexity index is 616. The lowest BCUT2D eigenvalue weighted by molar-refractivity contribution is -0.145. The predicted molar refractivity (Wildman–Crippen MR) is 89.6 cm³/mol. The molecule has 2 unspecified atom stereocenters. The molecule has 8 heteroatoms. The number of hydrogen-bond acceptors (Lipinski definition) is 4. The maximum atomic E-state index is 12.0. The molecule has 1 heterocycles. The third-order valence-electron chi connectivity index (χ3n) is 3.75.